The number of carbonyl (C=O) groups is 1. The van der Waals surface area contributed by atoms with E-state index in [-0.39, 0.29) is 11.9 Å². The van der Waals surface area contributed by atoms with Gasteiger partial charge in [-0.15, -0.1) is 0 Å². The third kappa shape index (κ3) is 3.82. The van der Waals surface area contributed by atoms with Crippen LogP contribution < -0.4 is 5.32 Å². The van der Waals surface area contributed by atoms with E-state index in [0.717, 1.165) is 38.3 Å². The van der Waals surface area contributed by atoms with Gasteiger partial charge in [0.15, 0.2) is 0 Å². The molecule has 0 saturated heterocycles. The summed E-state index contributed by atoms with van der Waals surface area (Å²) < 4.78 is 2.18. The van der Waals surface area contributed by atoms with E-state index in [1.54, 1.807) is 0 Å². The topological polar surface area (TPSA) is 37.3 Å². The Kier molecular flexibility index (Phi) is 4.82. The number of aromatic nitrogens is 1. The van der Waals surface area contributed by atoms with Crippen molar-refractivity contribution >= 4 is 5.91 Å². The highest BCUT2D eigenvalue weighted by Gasteiger charge is 2.20. The Morgan fingerprint density at radius 2 is 1.91 bits per heavy atom. The highest BCUT2D eigenvalue weighted by atomic mass is 16.2. The molecule has 0 aliphatic carbocycles. The monoisotopic (exact) mass is 311 g/mol. The zero-order chi connectivity index (χ0) is 16.2. The van der Waals surface area contributed by atoms with Gasteiger partial charge in [-0.05, 0) is 38.0 Å². The van der Waals surface area contributed by atoms with Crippen LogP contribution in [0.3, 0.4) is 0 Å². The molecule has 23 heavy (non-hydrogen) atoms. The number of fused-ring (bicyclic) bond motifs is 1. The molecule has 0 spiro atoms. The van der Waals surface area contributed by atoms with E-state index < -0.39 is 0 Å². The van der Waals surface area contributed by atoms with Crippen LogP contribution >= 0.6 is 0 Å². The molecule has 122 valence electrons. The Morgan fingerprint density at radius 3 is 2.65 bits per heavy atom. The van der Waals surface area contributed by atoms with Gasteiger partial charge in [0.05, 0.1) is 0 Å². The summed E-state index contributed by atoms with van der Waals surface area (Å²) in [4.78, 5) is 14.8. The molecule has 2 heterocycles. The summed E-state index contributed by atoms with van der Waals surface area (Å²) >= 11 is 0. The van der Waals surface area contributed by atoms with Crippen LogP contribution in [-0.2, 0) is 19.6 Å². The van der Waals surface area contributed by atoms with Gasteiger partial charge in [-0.3, -0.25) is 9.69 Å². The molecule has 1 amide bonds. The van der Waals surface area contributed by atoms with Gasteiger partial charge in [-0.25, -0.2) is 0 Å². The van der Waals surface area contributed by atoms with Gasteiger partial charge in [-0.1, -0.05) is 30.3 Å². The van der Waals surface area contributed by atoms with Gasteiger partial charge in [0, 0.05) is 37.9 Å². The van der Waals surface area contributed by atoms with E-state index in [1.165, 1.54) is 11.3 Å². The lowest BCUT2D eigenvalue weighted by Gasteiger charge is -2.19. The maximum atomic E-state index is 12.3. The highest BCUT2D eigenvalue weighted by Crippen LogP contribution is 2.19. The number of nitrogens with one attached hydrogen (secondary N) is 1. The third-order valence-electron chi connectivity index (χ3n) is 4.21. The second-order valence-corrected chi connectivity index (χ2v) is 6.54. The van der Waals surface area contributed by atoms with Crippen molar-refractivity contribution in [3.8, 4) is 0 Å². The molecule has 0 unspecified atom stereocenters. The van der Waals surface area contributed by atoms with Crippen LogP contribution in [0.15, 0.2) is 42.5 Å². The predicted octanol–water partition coefficient (Wildman–Crippen LogP) is 3.03. The Labute approximate surface area is 138 Å². The Balaban J connectivity index is 1.74. The lowest BCUT2D eigenvalue weighted by Crippen LogP contribution is -2.32. The van der Waals surface area contributed by atoms with Crippen LogP contribution in [0.25, 0.3) is 0 Å². The lowest BCUT2D eigenvalue weighted by atomic mass is 10.2. The van der Waals surface area contributed by atoms with Crippen molar-refractivity contribution in [3.63, 3.8) is 0 Å². The Bertz CT molecular complexity index is 661. The molecule has 4 heteroatoms. The van der Waals surface area contributed by atoms with E-state index in [1.807, 2.05) is 19.9 Å². The molecule has 1 aliphatic heterocycles. The van der Waals surface area contributed by atoms with E-state index in [0.29, 0.717) is 0 Å². The first kappa shape index (κ1) is 15.8. The van der Waals surface area contributed by atoms with Crippen LogP contribution in [-0.4, -0.2) is 28.0 Å². The summed E-state index contributed by atoms with van der Waals surface area (Å²) in [6.45, 7) is 7.80. The fourth-order valence-electron chi connectivity index (χ4n) is 3.18. The molecule has 0 saturated carbocycles. The normalized spacial score (nSPS) is 15.3. The van der Waals surface area contributed by atoms with Gasteiger partial charge < -0.3 is 9.88 Å². The number of amides is 1. The standard InChI is InChI=1S/C19H25N3O/c1-15(2)20-19(23)18-10-9-17-14-21(11-6-12-22(17)18)13-16-7-4-3-5-8-16/h3-5,7-10,15H,6,11-14H2,1-2H3,(H,20,23). The van der Waals surface area contributed by atoms with Crippen molar-refractivity contribution in [2.45, 2.75) is 45.9 Å². The molecule has 0 bridgehead atoms. The molecular weight excluding hydrogens is 286 g/mol. The quantitative estimate of drug-likeness (QED) is 0.942. The molecular formula is C19H25N3O. The average Bonchev–Trinajstić information content (AvgIpc) is 2.80. The summed E-state index contributed by atoms with van der Waals surface area (Å²) in [5, 5.41) is 2.99. The zero-order valence-electron chi connectivity index (χ0n) is 14.0. The molecule has 3 rings (SSSR count). The minimum absolute atomic E-state index is 0.0303. The number of nitrogens with zero attached hydrogens (tertiary/aromatic N) is 2. The molecule has 0 fully saturated rings. The fourth-order valence-corrected chi connectivity index (χ4v) is 3.18. The Morgan fingerprint density at radius 1 is 1.13 bits per heavy atom. The maximum Gasteiger partial charge on any atom is 0.268 e. The van der Waals surface area contributed by atoms with Gasteiger partial charge in [0.2, 0.25) is 0 Å². The molecule has 4 nitrogen and oxygen atoms in total. The molecule has 1 N–H and O–H groups in total. The van der Waals surface area contributed by atoms with Crippen LogP contribution in [0.1, 0.15) is 42.0 Å². The summed E-state index contributed by atoms with van der Waals surface area (Å²) in [7, 11) is 0. The first-order valence-electron chi connectivity index (χ1n) is 8.39. The van der Waals surface area contributed by atoms with Gasteiger partial charge in [0.25, 0.3) is 5.91 Å². The van der Waals surface area contributed by atoms with Gasteiger partial charge in [0.1, 0.15) is 5.69 Å². The smallest absolute Gasteiger partial charge is 0.268 e. The fraction of sp³-hybridized carbons (Fsp3) is 0.421. The van der Waals surface area contributed by atoms with Crippen molar-refractivity contribution in [1.29, 1.82) is 0 Å². The van der Waals surface area contributed by atoms with Crippen molar-refractivity contribution in [2.24, 2.45) is 0 Å². The number of carbonyl (C=O) groups excluding carboxylic acids is 1. The summed E-state index contributed by atoms with van der Waals surface area (Å²) in [5.41, 5.74) is 3.35. The SMILES string of the molecule is CC(C)NC(=O)c1ccc2n1CCCN(Cc1ccccc1)C2. The van der Waals surface area contributed by atoms with Crippen LogP contribution in [0.2, 0.25) is 0 Å². The molecule has 1 aliphatic rings. The lowest BCUT2D eigenvalue weighted by molar-refractivity contribution is 0.0933. The van der Waals surface area contributed by atoms with Crippen molar-refractivity contribution < 1.29 is 4.79 Å². The highest BCUT2D eigenvalue weighted by molar-refractivity contribution is 5.93. The van der Waals surface area contributed by atoms with Crippen LogP contribution in [0.4, 0.5) is 0 Å². The third-order valence-corrected chi connectivity index (χ3v) is 4.21. The molecule has 1 aromatic carbocycles. The van der Waals surface area contributed by atoms with Gasteiger partial charge in [-0.2, -0.15) is 0 Å². The average molecular weight is 311 g/mol. The number of rotatable bonds is 4. The van der Waals surface area contributed by atoms with E-state index in [4.69, 9.17) is 0 Å². The predicted molar refractivity (Wildman–Crippen MR) is 92.2 cm³/mol. The van der Waals surface area contributed by atoms with Crippen LogP contribution in [0, 0.1) is 0 Å². The van der Waals surface area contributed by atoms with E-state index in [9.17, 15) is 4.79 Å². The second-order valence-electron chi connectivity index (χ2n) is 6.54. The minimum atomic E-state index is 0.0303. The molecule has 2 aromatic rings. The van der Waals surface area contributed by atoms with E-state index >= 15 is 0 Å². The second kappa shape index (κ2) is 7.01. The Hall–Kier alpha value is -2.07. The molecule has 0 radical (unpaired) electrons. The zero-order valence-corrected chi connectivity index (χ0v) is 14.0. The van der Waals surface area contributed by atoms with E-state index in [2.05, 4.69) is 51.2 Å². The van der Waals surface area contributed by atoms with Crippen LogP contribution in [0.5, 0.6) is 0 Å². The number of hydrogen-bond donors (Lipinski definition) is 1. The first-order valence-corrected chi connectivity index (χ1v) is 8.39. The minimum Gasteiger partial charge on any atom is -0.349 e. The summed E-state index contributed by atoms with van der Waals surface area (Å²) in [6, 6.07) is 14.8. The molecule has 0 atom stereocenters. The number of hydrogen-bond acceptors (Lipinski definition) is 2. The summed E-state index contributed by atoms with van der Waals surface area (Å²) in [6.07, 6.45) is 1.07. The first-order chi connectivity index (χ1) is 11.1. The van der Waals surface area contributed by atoms with Gasteiger partial charge >= 0.3 is 0 Å². The summed E-state index contributed by atoms with van der Waals surface area (Å²) in [5.74, 6) is 0.0303. The number of benzene rings is 1. The largest absolute Gasteiger partial charge is 0.349 e. The van der Waals surface area contributed by atoms with Crippen molar-refractivity contribution in [3.05, 3.63) is 59.4 Å². The van der Waals surface area contributed by atoms with Crippen molar-refractivity contribution in [2.75, 3.05) is 6.54 Å². The van der Waals surface area contributed by atoms with Crippen molar-refractivity contribution in [1.82, 2.24) is 14.8 Å². The molecule has 1 aromatic heterocycles. The maximum absolute atomic E-state index is 12.3.